The summed E-state index contributed by atoms with van der Waals surface area (Å²) in [5.74, 6) is 0.254. The van der Waals surface area contributed by atoms with Gasteiger partial charge in [0.1, 0.15) is 5.78 Å². The normalized spacial score (nSPS) is 11.8. The fraction of sp³-hybridized carbons (Fsp3) is 0.692. The summed E-state index contributed by atoms with van der Waals surface area (Å²) in [5, 5.41) is 7.55. The zero-order chi connectivity index (χ0) is 13.1. The van der Waals surface area contributed by atoms with E-state index in [4.69, 9.17) is 0 Å². The lowest BCUT2D eigenvalue weighted by Gasteiger charge is -2.20. The number of hydrogen-bond donors (Lipinski definition) is 1. The number of aromatic nitrogens is 2. The van der Waals surface area contributed by atoms with E-state index in [0.29, 0.717) is 12.8 Å². The summed E-state index contributed by atoms with van der Waals surface area (Å²) in [6, 6.07) is 1.97. The van der Waals surface area contributed by atoms with Gasteiger partial charge in [-0.1, -0.05) is 0 Å². The van der Waals surface area contributed by atoms with E-state index in [0.717, 1.165) is 17.9 Å². The Labute approximate surface area is 103 Å². The standard InChI is InChI=1S/C13H23N3O/c1-10-8-11(16(5)15-10)9-12(17)6-7-14-13(2,3)4/h8,14H,6-7,9H2,1-5H3. The van der Waals surface area contributed by atoms with Crippen molar-refractivity contribution in [2.75, 3.05) is 6.54 Å². The molecule has 0 aliphatic carbocycles. The number of Topliss-reactive ketones (excluding diaryl/α,β-unsaturated/α-hetero) is 1. The van der Waals surface area contributed by atoms with Gasteiger partial charge in [0.2, 0.25) is 0 Å². The third-order valence-corrected chi connectivity index (χ3v) is 2.54. The second kappa shape index (κ2) is 5.45. The molecule has 1 rings (SSSR count). The maximum Gasteiger partial charge on any atom is 0.140 e. The summed E-state index contributed by atoms with van der Waals surface area (Å²) < 4.78 is 1.78. The van der Waals surface area contributed by atoms with Crippen LogP contribution >= 0.6 is 0 Å². The molecule has 0 saturated carbocycles. The van der Waals surface area contributed by atoms with Crippen LogP contribution in [0.5, 0.6) is 0 Å². The number of carbonyl (C=O) groups is 1. The van der Waals surface area contributed by atoms with Gasteiger partial charge < -0.3 is 5.32 Å². The van der Waals surface area contributed by atoms with Gasteiger partial charge in [-0.2, -0.15) is 5.10 Å². The van der Waals surface area contributed by atoms with Crippen molar-refractivity contribution in [3.8, 4) is 0 Å². The molecule has 1 heterocycles. The maximum atomic E-state index is 11.8. The van der Waals surface area contributed by atoms with Crippen LogP contribution in [-0.2, 0) is 18.3 Å². The molecule has 1 aromatic rings. The summed E-state index contributed by atoms with van der Waals surface area (Å²) in [6.45, 7) is 8.97. The molecule has 0 spiro atoms. The number of rotatable bonds is 5. The minimum Gasteiger partial charge on any atom is -0.312 e. The van der Waals surface area contributed by atoms with Gasteiger partial charge in [-0.05, 0) is 33.8 Å². The molecular weight excluding hydrogens is 214 g/mol. The van der Waals surface area contributed by atoms with Gasteiger partial charge in [-0.3, -0.25) is 9.48 Å². The summed E-state index contributed by atoms with van der Waals surface area (Å²) >= 11 is 0. The van der Waals surface area contributed by atoms with Crippen molar-refractivity contribution in [2.45, 2.75) is 46.1 Å². The van der Waals surface area contributed by atoms with Gasteiger partial charge in [0.25, 0.3) is 0 Å². The molecule has 0 radical (unpaired) electrons. The van der Waals surface area contributed by atoms with Crippen LogP contribution in [0, 0.1) is 6.92 Å². The fourth-order valence-corrected chi connectivity index (χ4v) is 1.70. The Morgan fingerprint density at radius 2 is 2.12 bits per heavy atom. The molecule has 0 atom stereocenters. The first-order chi connectivity index (χ1) is 7.78. The minimum atomic E-state index is 0.0728. The molecule has 4 heteroatoms. The van der Waals surface area contributed by atoms with Crippen molar-refractivity contribution in [1.82, 2.24) is 15.1 Å². The summed E-state index contributed by atoms with van der Waals surface area (Å²) in [4.78, 5) is 11.8. The summed E-state index contributed by atoms with van der Waals surface area (Å²) in [7, 11) is 1.88. The largest absolute Gasteiger partial charge is 0.312 e. The first-order valence-corrected chi connectivity index (χ1v) is 6.04. The highest BCUT2D eigenvalue weighted by Crippen LogP contribution is 2.05. The van der Waals surface area contributed by atoms with Crippen LogP contribution in [-0.4, -0.2) is 27.6 Å². The van der Waals surface area contributed by atoms with Crippen LogP contribution < -0.4 is 5.32 Å². The van der Waals surface area contributed by atoms with Crippen molar-refractivity contribution < 1.29 is 4.79 Å². The first kappa shape index (κ1) is 13.9. The molecule has 17 heavy (non-hydrogen) atoms. The van der Waals surface area contributed by atoms with E-state index in [9.17, 15) is 4.79 Å². The molecule has 0 unspecified atom stereocenters. The van der Waals surface area contributed by atoms with E-state index in [1.807, 2.05) is 20.0 Å². The van der Waals surface area contributed by atoms with E-state index in [1.165, 1.54) is 0 Å². The van der Waals surface area contributed by atoms with Crippen LogP contribution in [0.15, 0.2) is 6.07 Å². The van der Waals surface area contributed by atoms with Gasteiger partial charge in [0, 0.05) is 37.7 Å². The molecule has 0 aromatic carbocycles. The van der Waals surface area contributed by atoms with Gasteiger partial charge in [0.05, 0.1) is 5.69 Å². The monoisotopic (exact) mass is 237 g/mol. The van der Waals surface area contributed by atoms with E-state index in [1.54, 1.807) is 4.68 Å². The van der Waals surface area contributed by atoms with Crippen LogP contribution in [0.3, 0.4) is 0 Å². The Morgan fingerprint density at radius 3 is 2.59 bits per heavy atom. The van der Waals surface area contributed by atoms with Gasteiger partial charge in [-0.25, -0.2) is 0 Å². The highest BCUT2D eigenvalue weighted by Gasteiger charge is 2.11. The van der Waals surface area contributed by atoms with E-state index in [-0.39, 0.29) is 11.3 Å². The van der Waals surface area contributed by atoms with Crippen LogP contribution in [0.25, 0.3) is 0 Å². The molecule has 4 nitrogen and oxygen atoms in total. The number of hydrogen-bond acceptors (Lipinski definition) is 3. The molecule has 0 aliphatic heterocycles. The highest BCUT2D eigenvalue weighted by atomic mass is 16.1. The molecule has 0 amide bonds. The number of aryl methyl sites for hydroxylation is 2. The third kappa shape index (κ3) is 5.13. The van der Waals surface area contributed by atoms with Crippen LogP contribution in [0.1, 0.15) is 38.6 Å². The molecule has 96 valence electrons. The zero-order valence-electron chi connectivity index (χ0n) is 11.5. The molecular formula is C13H23N3O. The smallest absolute Gasteiger partial charge is 0.140 e. The van der Waals surface area contributed by atoms with Crippen LogP contribution in [0.2, 0.25) is 0 Å². The van der Waals surface area contributed by atoms with Crippen molar-refractivity contribution in [3.63, 3.8) is 0 Å². The van der Waals surface area contributed by atoms with Crippen molar-refractivity contribution in [1.29, 1.82) is 0 Å². The van der Waals surface area contributed by atoms with Gasteiger partial charge >= 0.3 is 0 Å². The summed E-state index contributed by atoms with van der Waals surface area (Å²) in [5.41, 5.74) is 2.02. The molecule has 0 bridgehead atoms. The Bertz CT molecular complexity index is 388. The molecule has 0 aliphatic rings. The molecule has 1 N–H and O–H groups in total. The maximum absolute atomic E-state index is 11.8. The number of nitrogens with one attached hydrogen (secondary N) is 1. The molecule has 0 fully saturated rings. The predicted octanol–water partition coefficient (Wildman–Crippen LogP) is 1.62. The predicted molar refractivity (Wildman–Crippen MR) is 69.0 cm³/mol. The fourth-order valence-electron chi connectivity index (χ4n) is 1.70. The van der Waals surface area contributed by atoms with Crippen molar-refractivity contribution in [3.05, 3.63) is 17.5 Å². The number of nitrogens with zero attached hydrogens (tertiary/aromatic N) is 2. The topological polar surface area (TPSA) is 46.9 Å². The summed E-state index contributed by atoms with van der Waals surface area (Å²) in [6.07, 6.45) is 1.05. The van der Waals surface area contributed by atoms with Crippen LogP contribution in [0.4, 0.5) is 0 Å². The van der Waals surface area contributed by atoms with Crippen molar-refractivity contribution in [2.24, 2.45) is 7.05 Å². The SMILES string of the molecule is Cc1cc(CC(=O)CCNC(C)(C)C)n(C)n1. The van der Waals surface area contributed by atoms with Crippen molar-refractivity contribution >= 4 is 5.78 Å². The lowest BCUT2D eigenvalue weighted by molar-refractivity contribution is -0.118. The van der Waals surface area contributed by atoms with Gasteiger partial charge in [0.15, 0.2) is 0 Å². The average molecular weight is 237 g/mol. The number of ketones is 1. The highest BCUT2D eigenvalue weighted by molar-refractivity contribution is 5.80. The van der Waals surface area contributed by atoms with Gasteiger partial charge in [-0.15, -0.1) is 0 Å². The Kier molecular flexibility index (Phi) is 4.46. The lowest BCUT2D eigenvalue weighted by Crippen LogP contribution is -2.37. The molecule has 0 saturated heterocycles. The second-order valence-electron chi connectivity index (χ2n) is 5.54. The third-order valence-electron chi connectivity index (χ3n) is 2.54. The van der Waals surface area contributed by atoms with E-state index < -0.39 is 0 Å². The first-order valence-electron chi connectivity index (χ1n) is 6.04. The minimum absolute atomic E-state index is 0.0728. The lowest BCUT2D eigenvalue weighted by atomic mass is 10.1. The Morgan fingerprint density at radius 1 is 1.47 bits per heavy atom. The second-order valence-corrected chi connectivity index (χ2v) is 5.54. The quantitative estimate of drug-likeness (QED) is 0.846. The zero-order valence-corrected chi connectivity index (χ0v) is 11.5. The van der Waals surface area contributed by atoms with E-state index in [2.05, 4.69) is 31.2 Å². The van der Waals surface area contributed by atoms with E-state index >= 15 is 0 Å². The average Bonchev–Trinajstić information content (AvgIpc) is 2.42. The Balaban J connectivity index is 2.38. The Hall–Kier alpha value is -1.16. The number of carbonyl (C=O) groups excluding carboxylic acids is 1. The molecule has 1 aromatic heterocycles.